The first-order chi connectivity index (χ1) is 22.2. The number of anilines is 1. The zero-order valence-corrected chi connectivity index (χ0v) is 24.8. The molecule has 8 rings (SSSR count). The van der Waals surface area contributed by atoms with Crippen molar-refractivity contribution in [3.63, 3.8) is 0 Å². The molecule has 6 heteroatoms. The highest BCUT2D eigenvalue weighted by Gasteiger charge is 2.18. The van der Waals surface area contributed by atoms with Crippen molar-refractivity contribution in [2.24, 2.45) is 0 Å². The molecule has 45 heavy (non-hydrogen) atoms. The Bertz CT molecular complexity index is 2280. The lowest BCUT2D eigenvalue weighted by Crippen LogP contribution is -2.09. The van der Waals surface area contributed by atoms with Crippen LogP contribution in [0.15, 0.2) is 128 Å². The van der Waals surface area contributed by atoms with Gasteiger partial charge in [0, 0.05) is 58.1 Å². The summed E-state index contributed by atoms with van der Waals surface area (Å²) in [4.78, 5) is 9.75. The van der Waals surface area contributed by atoms with Gasteiger partial charge in [-0.1, -0.05) is 78.9 Å². The van der Waals surface area contributed by atoms with Crippen LogP contribution in [0, 0.1) is 5.82 Å². The van der Waals surface area contributed by atoms with Crippen LogP contribution in [0.3, 0.4) is 0 Å². The molecule has 0 spiro atoms. The van der Waals surface area contributed by atoms with Crippen LogP contribution in [-0.2, 0) is 26.1 Å². The van der Waals surface area contributed by atoms with Crippen molar-refractivity contribution in [2.45, 2.75) is 32.5 Å². The average molecular weight is 590 g/mol. The number of hydrogen-bond acceptors (Lipinski definition) is 3. The molecule has 0 aliphatic carbocycles. The van der Waals surface area contributed by atoms with Crippen molar-refractivity contribution in [3.8, 4) is 0 Å². The smallest absolute Gasteiger partial charge is 0.150 e. The molecule has 8 aromatic rings. The van der Waals surface area contributed by atoms with Crippen LogP contribution in [0.25, 0.3) is 43.6 Å². The SMILES string of the molecule is Fc1ccc(Cn2c3ccccc3c3ccnc(NCc4nccc5c6ccccc6n(CCCc6ccccc6)c45)c32)cc1. The summed E-state index contributed by atoms with van der Waals surface area (Å²) in [6.45, 7) is 2.03. The minimum atomic E-state index is -0.232. The first kappa shape index (κ1) is 27.1. The van der Waals surface area contributed by atoms with Crippen LogP contribution in [-0.4, -0.2) is 19.1 Å². The molecule has 0 radical (unpaired) electrons. The fourth-order valence-electron chi connectivity index (χ4n) is 6.76. The molecular formula is C39H32FN5. The van der Waals surface area contributed by atoms with Crippen molar-refractivity contribution < 1.29 is 4.39 Å². The molecule has 0 bridgehead atoms. The number of rotatable bonds is 9. The second-order valence-corrected chi connectivity index (χ2v) is 11.6. The molecule has 0 saturated heterocycles. The van der Waals surface area contributed by atoms with Crippen molar-refractivity contribution in [1.29, 1.82) is 0 Å². The first-order valence-electron chi connectivity index (χ1n) is 15.5. The Morgan fingerprint density at radius 2 is 1.22 bits per heavy atom. The predicted molar refractivity (Wildman–Crippen MR) is 182 cm³/mol. The maximum absolute atomic E-state index is 13.7. The van der Waals surface area contributed by atoms with Crippen LogP contribution in [0.1, 0.15) is 23.2 Å². The number of nitrogens with one attached hydrogen (secondary N) is 1. The van der Waals surface area contributed by atoms with E-state index in [2.05, 4.69) is 105 Å². The normalized spacial score (nSPS) is 11.7. The Kier molecular flexibility index (Phi) is 6.95. The summed E-state index contributed by atoms with van der Waals surface area (Å²) in [7, 11) is 0. The second kappa shape index (κ2) is 11.5. The van der Waals surface area contributed by atoms with Crippen LogP contribution in [0.5, 0.6) is 0 Å². The van der Waals surface area contributed by atoms with Crippen LogP contribution in [0.2, 0.25) is 0 Å². The topological polar surface area (TPSA) is 47.7 Å². The van der Waals surface area contributed by atoms with E-state index in [0.717, 1.165) is 52.9 Å². The van der Waals surface area contributed by atoms with Gasteiger partial charge in [-0.15, -0.1) is 0 Å². The Hall–Kier alpha value is -5.49. The molecular weight excluding hydrogens is 557 g/mol. The van der Waals surface area contributed by atoms with Gasteiger partial charge in [0.1, 0.15) is 5.82 Å². The summed E-state index contributed by atoms with van der Waals surface area (Å²) >= 11 is 0. The van der Waals surface area contributed by atoms with Gasteiger partial charge in [0.05, 0.1) is 23.3 Å². The van der Waals surface area contributed by atoms with Crippen LogP contribution >= 0.6 is 0 Å². The van der Waals surface area contributed by atoms with Crippen molar-refractivity contribution in [1.82, 2.24) is 19.1 Å². The third-order valence-corrected chi connectivity index (χ3v) is 8.80. The largest absolute Gasteiger partial charge is 0.363 e. The van der Waals surface area contributed by atoms with Gasteiger partial charge >= 0.3 is 0 Å². The molecule has 5 nitrogen and oxygen atoms in total. The third-order valence-electron chi connectivity index (χ3n) is 8.80. The van der Waals surface area contributed by atoms with Gasteiger partial charge in [-0.25, -0.2) is 9.37 Å². The van der Waals surface area contributed by atoms with Gasteiger partial charge in [0.25, 0.3) is 0 Å². The maximum Gasteiger partial charge on any atom is 0.150 e. The molecule has 0 amide bonds. The predicted octanol–water partition coefficient (Wildman–Crippen LogP) is 9.12. The Balaban J connectivity index is 1.18. The lowest BCUT2D eigenvalue weighted by molar-refractivity contribution is 0.626. The summed E-state index contributed by atoms with van der Waals surface area (Å²) in [5.41, 5.74) is 7.91. The van der Waals surface area contributed by atoms with E-state index in [9.17, 15) is 4.39 Å². The summed E-state index contributed by atoms with van der Waals surface area (Å²) in [5.74, 6) is 0.570. The van der Waals surface area contributed by atoms with Gasteiger partial charge < -0.3 is 14.5 Å². The van der Waals surface area contributed by atoms with Gasteiger partial charge in [-0.05, 0) is 60.4 Å². The summed E-state index contributed by atoms with van der Waals surface area (Å²) in [6.07, 6.45) is 5.84. The molecule has 0 fully saturated rings. The molecule has 0 atom stereocenters. The number of para-hydroxylation sites is 2. The van der Waals surface area contributed by atoms with Crippen molar-refractivity contribution in [2.75, 3.05) is 5.32 Å². The quantitative estimate of drug-likeness (QED) is 0.183. The number of halogens is 1. The van der Waals surface area contributed by atoms with E-state index in [4.69, 9.17) is 9.97 Å². The molecule has 220 valence electrons. The molecule has 1 N–H and O–H groups in total. The maximum atomic E-state index is 13.7. The monoisotopic (exact) mass is 589 g/mol. The highest BCUT2D eigenvalue weighted by molar-refractivity contribution is 6.11. The van der Waals surface area contributed by atoms with E-state index in [1.807, 2.05) is 24.5 Å². The zero-order chi connectivity index (χ0) is 30.2. The van der Waals surface area contributed by atoms with Crippen molar-refractivity contribution in [3.05, 3.63) is 150 Å². The number of nitrogens with zero attached hydrogens (tertiary/aromatic N) is 4. The van der Waals surface area contributed by atoms with Gasteiger partial charge in [0.2, 0.25) is 0 Å². The molecule has 0 aliphatic heterocycles. The van der Waals surface area contributed by atoms with Gasteiger partial charge in [-0.3, -0.25) is 4.98 Å². The van der Waals surface area contributed by atoms with E-state index in [-0.39, 0.29) is 5.82 Å². The summed E-state index contributed by atoms with van der Waals surface area (Å²) < 4.78 is 18.4. The number of fused-ring (bicyclic) bond motifs is 6. The number of aryl methyl sites for hydroxylation is 2. The molecule has 0 unspecified atom stereocenters. The van der Waals surface area contributed by atoms with E-state index >= 15 is 0 Å². The fourth-order valence-corrected chi connectivity index (χ4v) is 6.76. The standard InChI is InChI=1S/C39H32FN5/c40-29-18-16-28(17-19-29)26-45-36-15-7-5-13-31(36)33-21-23-42-39(38(33)45)43-25-34-37-32(20-22-41-34)30-12-4-6-14-35(30)44(37)24-8-11-27-9-2-1-3-10-27/h1-7,9-10,12-23H,8,11,24-26H2,(H,42,43). The van der Waals surface area contributed by atoms with Gasteiger partial charge in [-0.2, -0.15) is 0 Å². The lowest BCUT2D eigenvalue weighted by atomic mass is 10.1. The first-order valence-corrected chi connectivity index (χ1v) is 15.5. The fraction of sp³-hybridized carbons (Fsp3) is 0.128. The van der Waals surface area contributed by atoms with Crippen LogP contribution < -0.4 is 5.32 Å². The average Bonchev–Trinajstić information content (AvgIpc) is 3.59. The minimum Gasteiger partial charge on any atom is -0.363 e. The highest BCUT2D eigenvalue weighted by Crippen LogP contribution is 2.35. The van der Waals surface area contributed by atoms with E-state index in [0.29, 0.717) is 13.1 Å². The minimum absolute atomic E-state index is 0.232. The molecule has 4 aromatic heterocycles. The van der Waals surface area contributed by atoms with E-state index in [1.165, 1.54) is 44.9 Å². The highest BCUT2D eigenvalue weighted by atomic mass is 19.1. The summed E-state index contributed by atoms with van der Waals surface area (Å²) in [6, 6.07) is 38.7. The molecule has 0 saturated carbocycles. The Morgan fingerprint density at radius 1 is 0.578 bits per heavy atom. The van der Waals surface area contributed by atoms with Crippen LogP contribution in [0.4, 0.5) is 10.2 Å². The lowest BCUT2D eigenvalue weighted by Gasteiger charge is -2.14. The Labute approximate surface area is 260 Å². The molecule has 4 aromatic carbocycles. The third kappa shape index (κ3) is 4.98. The van der Waals surface area contributed by atoms with Gasteiger partial charge in [0.15, 0.2) is 5.82 Å². The zero-order valence-electron chi connectivity index (χ0n) is 24.8. The summed E-state index contributed by atoms with van der Waals surface area (Å²) in [5, 5.41) is 8.44. The number of benzene rings is 4. The number of pyridine rings is 2. The van der Waals surface area contributed by atoms with E-state index in [1.54, 1.807) is 0 Å². The Morgan fingerprint density at radius 3 is 1.98 bits per heavy atom. The molecule has 0 aliphatic rings. The molecule has 4 heterocycles. The van der Waals surface area contributed by atoms with Crippen molar-refractivity contribution >= 4 is 49.4 Å². The number of aromatic nitrogens is 4. The number of hydrogen-bond donors (Lipinski definition) is 1. The van der Waals surface area contributed by atoms with E-state index < -0.39 is 0 Å². The second-order valence-electron chi connectivity index (χ2n) is 11.6.